The number of likely N-dealkylation sites (N-methyl/N-ethyl adjacent to an activating group) is 1. The minimum Gasteiger partial charge on any atom is -0.336 e. The van der Waals surface area contributed by atoms with Crippen molar-refractivity contribution in [2.75, 3.05) is 27.7 Å². The molecule has 1 atom stereocenters. The summed E-state index contributed by atoms with van der Waals surface area (Å²) >= 11 is 0. The van der Waals surface area contributed by atoms with Crippen molar-refractivity contribution in [2.45, 2.75) is 19.5 Å². The van der Waals surface area contributed by atoms with Gasteiger partial charge in [0, 0.05) is 38.9 Å². The number of carbonyl (C=O) groups excluding carboxylic acids is 1. The summed E-state index contributed by atoms with van der Waals surface area (Å²) < 4.78 is 1.78. The van der Waals surface area contributed by atoms with Gasteiger partial charge in [0.25, 0.3) is 0 Å². The van der Waals surface area contributed by atoms with Gasteiger partial charge in [-0.1, -0.05) is 24.3 Å². The molecule has 2 rings (SSSR count). The van der Waals surface area contributed by atoms with Gasteiger partial charge in [0.1, 0.15) is 0 Å². The quantitative estimate of drug-likeness (QED) is 0.884. The largest absolute Gasteiger partial charge is 0.336 e. The van der Waals surface area contributed by atoms with Crippen molar-refractivity contribution in [3.8, 4) is 0 Å². The van der Waals surface area contributed by atoms with Gasteiger partial charge in [-0.15, -0.1) is 0 Å². The number of urea groups is 1. The van der Waals surface area contributed by atoms with Crippen molar-refractivity contribution in [3.05, 3.63) is 53.3 Å². The van der Waals surface area contributed by atoms with Crippen LogP contribution in [0.5, 0.6) is 0 Å². The molecule has 0 radical (unpaired) electrons. The Kier molecular flexibility index (Phi) is 5.98. The third-order valence-corrected chi connectivity index (χ3v) is 4.20. The molecule has 2 aromatic rings. The zero-order valence-corrected chi connectivity index (χ0v) is 15.2. The first-order valence-electron chi connectivity index (χ1n) is 8.07. The molecule has 24 heavy (non-hydrogen) atoms. The van der Waals surface area contributed by atoms with Gasteiger partial charge in [0.15, 0.2) is 0 Å². The van der Waals surface area contributed by atoms with E-state index < -0.39 is 0 Å². The number of hydrogen-bond acceptors (Lipinski definition) is 3. The van der Waals surface area contributed by atoms with E-state index in [1.54, 1.807) is 9.58 Å². The van der Waals surface area contributed by atoms with Gasteiger partial charge in [-0.3, -0.25) is 4.68 Å². The molecule has 0 spiro atoms. The van der Waals surface area contributed by atoms with Crippen LogP contribution in [-0.4, -0.2) is 53.3 Å². The Hall–Kier alpha value is -2.34. The Morgan fingerprint density at radius 1 is 1.29 bits per heavy atom. The number of amides is 2. The molecule has 0 aliphatic carbocycles. The molecular weight excluding hydrogens is 302 g/mol. The lowest BCUT2D eigenvalue weighted by atomic mass is 10.1. The number of nitrogens with zero attached hydrogens (tertiary/aromatic N) is 4. The lowest BCUT2D eigenvalue weighted by Gasteiger charge is -2.25. The normalized spacial score (nSPS) is 12.2. The fourth-order valence-corrected chi connectivity index (χ4v) is 2.64. The fraction of sp³-hybridized carbons (Fsp3) is 0.444. The zero-order valence-electron chi connectivity index (χ0n) is 15.2. The summed E-state index contributed by atoms with van der Waals surface area (Å²) in [5, 5.41) is 7.23. The Bertz CT molecular complexity index is 680. The second-order valence-corrected chi connectivity index (χ2v) is 6.40. The predicted octanol–water partition coefficient (Wildman–Crippen LogP) is 2.17. The summed E-state index contributed by atoms with van der Waals surface area (Å²) in [5.41, 5.74) is 3.44. The number of rotatable bonds is 6. The number of aromatic nitrogens is 2. The van der Waals surface area contributed by atoms with E-state index in [1.165, 1.54) is 5.56 Å². The Labute approximate surface area is 144 Å². The summed E-state index contributed by atoms with van der Waals surface area (Å²) in [6.45, 7) is 3.19. The lowest BCUT2D eigenvalue weighted by Crippen LogP contribution is -2.41. The SMILES string of the molecule is Cc1ccccc1CN(C)C(=O)NC[C@@H](c1cnn(C)c1)N(C)C. The van der Waals surface area contributed by atoms with E-state index in [-0.39, 0.29) is 12.1 Å². The van der Waals surface area contributed by atoms with Crippen molar-refractivity contribution in [1.29, 1.82) is 0 Å². The van der Waals surface area contributed by atoms with Gasteiger partial charge in [0.05, 0.1) is 12.2 Å². The monoisotopic (exact) mass is 329 g/mol. The third kappa shape index (κ3) is 4.58. The molecule has 1 aromatic heterocycles. The first kappa shape index (κ1) is 18.0. The van der Waals surface area contributed by atoms with Gasteiger partial charge < -0.3 is 15.1 Å². The number of aryl methyl sites for hydroxylation is 2. The van der Waals surface area contributed by atoms with E-state index in [0.29, 0.717) is 13.1 Å². The van der Waals surface area contributed by atoms with Crippen LogP contribution in [0, 0.1) is 6.92 Å². The molecule has 6 heteroatoms. The Morgan fingerprint density at radius 3 is 2.58 bits per heavy atom. The van der Waals surface area contributed by atoms with E-state index in [1.807, 2.05) is 52.7 Å². The standard InChI is InChI=1S/C18H27N5O/c1-14-8-6-7-9-15(14)12-22(4)18(24)19-11-17(21(2)3)16-10-20-23(5)13-16/h6-10,13,17H,11-12H2,1-5H3,(H,19,24)/t17-/m0/s1. The molecule has 0 aliphatic rings. The molecular formula is C18H27N5O. The van der Waals surface area contributed by atoms with Gasteiger partial charge in [0.2, 0.25) is 0 Å². The molecule has 0 saturated heterocycles. The summed E-state index contributed by atoms with van der Waals surface area (Å²) in [5.74, 6) is 0. The van der Waals surface area contributed by atoms with E-state index in [4.69, 9.17) is 0 Å². The number of benzene rings is 1. The predicted molar refractivity (Wildman–Crippen MR) is 95.7 cm³/mol. The zero-order chi connectivity index (χ0) is 17.7. The second-order valence-electron chi connectivity index (χ2n) is 6.40. The highest BCUT2D eigenvalue weighted by Crippen LogP contribution is 2.16. The first-order valence-corrected chi connectivity index (χ1v) is 8.07. The minimum atomic E-state index is -0.0750. The van der Waals surface area contributed by atoms with Crippen molar-refractivity contribution in [1.82, 2.24) is 24.9 Å². The molecule has 130 valence electrons. The smallest absolute Gasteiger partial charge is 0.317 e. The van der Waals surface area contributed by atoms with E-state index in [9.17, 15) is 4.79 Å². The van der Waals surface area contributed by atoms with E-state index >= 15 is 0 Å². The molecule has 0 bridgehead atoms. The second kappa shape index (κ2) is 7.97. The molecule has 1 heterocycles. The molecule has 1 aromatic carbocycles. The van der Waals surface area contributed by atoms with Crippen LogP contribution in [0.25, 0.3) is 0 Å². The van der Waals surface area contributed by atoms with Crippen LogP contribution in [0.15, 0.2) is 36.7 Å². The van der Waals surface area contributed by atoms with Crippen LogP contribution in [0.1, 0.15) is 22.7 Å². The summed E-state index contributed by atoms with van der Waals surface area (Å²) in [6, 6.07) is 8.14. The summed E-state index contributed by atoms with van der Waals surface area (Å²) in [4.78, 5) is 16.2. The van der Waals surface area contributed by atoms with Gasteiger partial charge >= 0.3 is 6.03 Å². The van der Waals surface area contributed by atoms with E-state index in [2.05, 4.69) is 34.4 Å². The number of carbonyl (C=O) groups is 1. The van der Waals surface area contributed by atoms with Crippen molar-refractivity contribution < 1.29 is 4.79 Å². The lowest BCUT2D eigenvalue weighted by molar-refractivity contribution is 0.200. The Morgan fingerprint density at radius 2 is 2.00 bits per heavy atom. The van der Waals surface area contributed by atoms with Crippen LogP contribution in [0.2, 0.25) is 0 Å². The molecule has 0 aliphatic heterocycles. The van der Waals surface area contributed by atoms with Gasteiger partial charge in [-0.05, 0) is 32.1 Å². The maximum Gasteiger partial charge on any atom is 0.317 e. The van der Waals surface area contributed by atoms with Crippen LogP contribution in [0.3, 0.4) is 0 Å². The van der Waals surface area contributed by atoms with Crippen molar-refractivity contribution in [2.24, 2.45) is 7.05 Å². The van der Waals surface area contributed by atoms with Gasteiger partial charge in [-0.2, -0.15) is 5.10 Å². The average Bonchev–Trinajstić information content (AvgIpc) is 2.95. The molecule has 6 nitrogen and oxygen atoms in total. The maximum atomic E-state index is 12.4. The van der Waals surface area contributed by atoms with Crippen LogP contribution in [0.4, 0.5) is 4.79 Å². The number of hydrogen-bond donors (Lipinski definition) is 1. The van der Waals surface area contributed by atoms with Crippen LogP contribution in [-0.2, 0) is 13.6 Å². The summed E-state index contributed by atoms with van der Waals surface area (Å²) in [6.07, 6.45) is 3.82. The molecule has 2 amide bonds. The highest BCUT2D eigenvalue weighted by molar-refractivity contribution is 5.73. The maximum absolute atomic E-state index is 12.4. The average molecular weight is 329 g/mol. The Balaban J connectivity index is 1.94. The minimum absolute atomic E-state index is 0.0750. The topological polar surface area (TPSA) is 53.4 Å². The highest BCUT2D eigenvalue weighted by Gasteiger charge is 2.18. The molecule has 0 saturated carbocycles. The van der Waals surface area contributed by atoms with Crippen LogP contribution >= 0.6 is 0 Å². The number of nitrogens with one attached hydrogen (secondary N) is 1. The molecule has 0 unspecified atom stereocenters. The van der Waals surface area contributed by atoms with Crippen molar-refractivity contribution in [3.63, 3.8) is 0 Å². The van der Waals surface area contributed by atoms with E-state index in [0.717, 1.165) is 11.1 Å². The molecule has 0 fully saturated rings. The highest BCUT2D eigenvalue weighted by atomic mass is 16.2. The molecule has 1 N–H and O–H groups in total. The van der Waals surface area contributed by atoms with Crippen LogP contribution < -0.4 is 5.32 Å². The third-order valence-electron chi connectivity index (χ3n) is 4.20. The van der Waals surface area contributed by atoms with Gasteiger partial charge in [-0.25, -0.2) is 4.79 Å². The first-order chi connectivity index (χ1) is 11.4. The van der Waals surface area contributed by atoms with Crippen molar-refractivity contribution >= 4 is 6.03 Å². The fourth-order valence-electron chi connectivity index (χ4n) is 2.64. The summed E-state index contributed by atoms with van der Waals surface area (Å²) in [7, 11) is 7.71.